The molecule has 0 aliphatic heterocycles. The number of rotatable bonds is 6. The summed E-state index contributed by atoms with van der Waals surface area (Å²) < 4.78 is 16.1. The summed E-state index contributed by atoms with van der Waals surface area (Å²) in [6, 6.07) is 3.32. The van der Waals surface area contributed by atoms with Crippen LogP contribution in [0.1, 0.15) is 32.3 Å². The number of hydrogen-bond donors (Lipinski definition) is 0. The lowest BCUT2D eigenvalue weighted by Gasteiger charge is -2.35. The number of allylic oxidation sites excluding steroid dienone is 2. The van der Waals surface area contributed by atoms with Crippen LogP contribution in [0.4, 0.5) is 0 Å². The molecule has 1 aliphatic carbocycles. The van der Waals surface area contributed by atoms with E-state index >= 15 is 0 Å². The van der Waals surface area contributed by atoms with Gasteiger partial charge in [-0.1, -0.05) is 5.57 Å². The standard InChI is InChI=1S/C20H24O6/c1-10-7-14(23)19(12(3)22)20(18(10)11(2)21)13-8-16(25-5)17(26-6)9-15(13)24-4/h7-9,18-20H,1-6H3. The number of hydrogen-bond acceptors (Lipinski definition) is 6. The largest absolute Gasteiger partial charge is 0.496 e. The fourth-order valence-corrected chi connectivity index (χ4v) is 3.76. The van der Waals surface area contributed by atoms with Gasteiger partial charge < -0.3 is 14.2 Å². The van der Waals surface area contributed by atoms with E-state index in [4.69, 9.17) is 14.2 Å². The van der Waals surface area contributed by atoms with Crippen LogP contribution in [-0.4, -0.2) is 38.7 Å². The summed E-state index contributed by atoms with van der Waals surface area (Å²) >= 11 is 0. The molecule has 3 unspecified atom stereocenters. The number of ether oxygens (including phenoxy) is 3. The topological polar surface area (TPSA) is 78.9 Å². The monoisotopic (exact) mass is 360 g/mol. The Hall–Kier alpha value is -2.63. The lowest BCUT2D eigenvalue weighted by molar-refractivity contribution is -0.132. The molecule has 0 fully saturated rings. The highest BCUT2D eigenvalue weighted by atomic mass is 16.5. The summed E-state index contributed by atoms with van der Waals surface area (Å²) in [5, 5.41) is 0. The first-order valence-electron chi connectivity index (χ1n) is 8.29. The van der Waals surface area contributed by atoms with Gasteiger partial charge in [0.25, 0.3) is 0 Å². The molecule has 0 radical (unpaired) electrons. The zero-order valence-electron chi connectivity index (χ0n) is 15.9. The van der Waals surface area contributed by atoms with E-state index in [-0.39, 0.29) is 17.3 Å². The molecule has 1 aliphatic rings. The van der Waals surface area contributed by atoms with Crippen molar-refractivity contribution >= 4 is 17.3 Å². The molecule has 6 nitrogen and oxygen atoms in total. The van der Waals surface area contributed by atoms with Crippen LogP contribution in [-0.2, 0) is 14.4 Å². The summed E-state index contributed by atoms with van der Waals surface area (Å²) in [5.74, 6) is -1.55. The molecule has 0 saturated carbocycles. The Labute approximate surface area is 153 Å². The fourth-order valence-electron chi connectivity index (χ4n) is 3.76. The zero-order chi connectivity index (χ0) is 19.6. The lowest BCUT2D eigenvalue weighted by Crippen LogP contribution is -2.39. The van der Waals surface area contributed by atoms with Crippen molar-refractivity contribution in [2.75, 3.05) is 21.3 Å². The van der Waals surface area contributed by atoms with Crippen LogP contribution in [0.3, 0.4) is 0 Å². The molecule has 0 bridgehead atoms. The normalized spacial score (nSPS) is 22.5. The quantitative estimate of drug-likeness (QED) is 0.726. The third kappa shape index (κ3) is 3.36. The smallest absolute Gasteiger partial charge is 0.166 e. The number of methoxy groups -OCH3 is 3. The van der Waals surface area contributed by atoms with Gasteiger partial charge in [0.05, 0.1) is 27.2 Å². The molecule has 0 aromatic heterocycles. The van der Waals surface area contributed by atoms with Gasteiger partial charge >= 0.3 is 0 Å². The Bertz CT molecular complexity index is 777. The minimum Gasteiger partial charge on any atom is -0.496 e. The summed E-state index contributed by atoms with van der Waals surface area (Å²) in [6.45, 7) is 4.57. The van der Waals surface area contributed by atoms with Gasteiger partial charge in [-0.05, 0) is 32.9 Å². The first-order valence-corrected chi connectivity index (χ1v) is 8.29. The Kier molecular flexibility index (Phi) is 5.85. The SMILES string of the molecule is COc1cc(OC)c(C2C(C(C)=O)C(=O)C=C(C)C2C(C)=O)cc1OC. The Morgan fingerprint density at radius 3 is 1.81 bits per heavy atom. The van der Waals surface area contributed by atoms with Crippen LogP contribution in [0.15, 0.2) is 23.8 Å². The van der Waals surface area contributed by atoms with E-state index in [0.717, 1.165) is 0 Å². The van der Waals surface area contributed by atoms with Crippen molar-refractivity contribution in [3.8, 4) is 17.2 Å². The highest BCUT2D eigenvalue weighted by Gasteiger charge is 2.45. The van der Waals surface area contributed by atoms with E-state index in [1.54, 1.807) is 19.1 Å². The lowest BCUT2D eigenvalue weighted by atomic mass is 9.66. The van der Waals surface area contributed by atoms with Gasteiger partial charge in [-0.25, -0.2) is 0 Å². The molecule has 0 saturated heterocycles. The van der Waals surface area contributed by atoms with E-state index in [1.165, 1.54) is 41.3 Å². The van der Waals surface area contributed by atoms with E-state index in [2.05, 4.69) is 0 Å². The van der Waals surface area contributed by atoms with Crippen LogP contribution in [0.25, 0.3) is 0 Å². The Balaban J connectivity index is 2.78. The van der Waals surface area contributed by atoms with Crippen molar-refractivity contribution in [3.63, 3.8) is 0 Å². The number of carbonyl (C=O) groups is 3. The van der Waals surface area contributed by atoms with Crippen LogP contribution < -0.4 is 14.2 Å². The molecule has 0 amide bonds. The number of carbonyl (C=O) groups excluding carboxylic acids is 3. The maximum atomic E-state index is 12.6. The van der Waals surface area contributed by atoms with Gasteiger partial charge in [0.1, 0.15) is 17.3 Å². The average Bonchev–Trinajstić information content (AvgIpc) is 2.58. The molecule has 3 atom stereocenters. The van der Waals surface area contributed by atoms with Crippen molar-refractivity contribution < 1.29 is 28.6 Å². The molecule has 26 heavy (non-hydrogen) atoms. The van der Waals surface area contributed by atoms with E-state index in [1.807, 2.05) is 0 Å². The molecule has 0 spiro atoms. The van der Waals surface area contributed by atoms with Crippen LogP contribution in [0.5, 0.6) is 17.2 Å². The van der Waals surface area contributed by atoms with Crippen molar-refractivity contribution in [1.29, 1.82) is 0 Å². The molecular weight excluding hydrogens is 336 g/mol. The first kappa shape index (κ1) is 19.7. The van der Waals surface area contributed by atoms with Gasteiger partial charge in [-0.3, -0.25) is 14.4 Å². The molecule has 6 heteroatoms. The molecule has 2 rings (SSSR count). The summed E-state index contributed by atoms with van der Waals surface area (Å²) in [4.78, 5) is 37.2. The van der Waals surface area contributed by atoms with Crippen molar-refractivity contribution in [2.24, 2.45) is 11.8 Å². The molecule has 0 N–H and O–H groups in total. The molecule has 140 valence electrons. The van der Waals surface area contributed by atoms with Crippen molar-refractivity contribution in [1.82, 2.24) is 0 Å². The Morgan fingerprint density at radius 2 is 1.35 bits per heavy atom. The van der Waals surface area contributed by atoms with Crippen molar-refractivity contribution in [2.45, 2.75) is 26.7 Å². The third-order valence-electron chi connectivity index (χ3n) is 4.86. The second-order valence-electron chi connectivity index (χ2n) is 6.44. The van der Waals surface area contributed by atoms with Gasteiger partial charge in [-0.15, -0.1) is 0 Å². The van der Waals surface area contributed by atoms with Crippen LogP contribution in [0.2, 0.25) is 0 Å². The van der Waals surface area contributed by atoms with Gasteiger partial charge in [0, 0.05) is 23.5 Å². The zero-order valence-corrected chi connectivity index (χ0v) is 15.9. The molecule has 1 aromatic carbocycles. The fraction of sp³-hybridized carbons (Fsp3) is 0.450. The maximum Gasteiger partial charge on any atom is 0.166 e. The van der Waals surface area contributed by atoms with E-state index in [9.17, 15) is 14.4 Å². The minimum absolute atomic E-state index is 0.112. The van der Waals surface area contributed by atoms with Crippen molar-refractivity contribution in [3.05, 3.63) is 29.3 Å². The first-order chi connectivity index (χ1) is 12.3. The predicted molar refractivity (Wildman–Crippen MR) is 95.9 cm³/mol. The summed E-state index contributed by atoms with van der Waals surface area (Å²) in [6.07, 6.45) is 1.40. The number of Topliss-reactive ketones (excluding diaryl/α,β-unsaturated/α-hetero) is 2. The third-order valence-corrected chi connectivity index (χ3v) is 4.86. The number of benzene rings is 1. The van der Waals surface area contributed by atoms with E-state index in [0.29, 0.717) is 28.4 Å². The summed E-state index contributed by atoms with van der Waals surface area (Å²) in [5.41, 5.74) is 1.22. The van der Waals surface area contributed by atoms with Crippen LogP contribution in [0, 0.1) is 11.8 Å². The molecular formula is C20H24O6. The highest BCUT2D eigenvalue weighted by Crippen LogP contribution is 2.47. The second kappa shape index (κ2) is 7.72. The maximum absolute atomic E-state index is 12.6. The average molecular weight is 360 g/mol. The minimum atomic E-state index is -0.945. The molecule has 0 heterocycles. The second-order valence-corrected chi connectivity index (χ2v) is 6.44. The summed E-state index contributed by atoms with van der Waals surface area (Å²) in [7, 11) is 4.49. The number of ketones is 3. The van der Waals surface area contributed by atoms with Gasteiger partial charge in [0.2, 0.25) is 0 Å². The highest BCUT2D eigenvalue weighted by molar-refractivity contribution is 6.10. The van der Waals surface area contributed by atoms with Gasteiger partial charge in [-0.2, -0.15) is 0 Å². The molecule has 1 aromatic rings. The van der Waals surface area contributed by atoms with Gasteiger partial charge in [0.15, 0.2) is 17.3 Å². The van der Waals surface area contributed by atoms with E-state index < -0.39 is 17.8 Å². The van der Waals surface area contributed by atoms with Crippen LogP contribution >= 0.6 is 0 Å². The Morgan fingerprint density at radius 1 is 0.846 bits per heavy atom. The predicted octanol–water partition coefficient (Wildman–Crippen LogP) is 2.74.